The summed E-state index contributed by atoms with van der Waals surface area (Å²) in [7, 11) is 0. The van der Waals surface area contributed by atoms with Crippen molar-refractivity contribution in [2.24, 2.45) is 5.92 Å². The van der Waals surface area contributed by atoms with E-state index < -0.39 is 28.7 Å². The van der Waals surface area contributed by atoms with Gasteiger partial charge in [-0.1, -0.05) is 23.9 Å². The molecule has 3 amide bonds. The van der Waals surface area contributed by atoms with Crippen LogP contribution in [0.25, 0.3) is 0 Å². The van der Waals surface area contributed by atoms with Gasteiger partial charge < -0.3 is 24.8 Å². The second-order valence-electron chi connectivity index (χ2n) is 6.77. The predicted octanol–water partition coefficient (Wildman–Crippen LogP) is 2.03. The second-order valence-corrected chi connectivity index (χ2v) is 9.16. The van der Waals surface area contributed by atoms with Crippen molar-refractivity contribution in [3.8, 4) is 0 Å². The maximum atomic E-state index is 12.7. The normalized spacial score (nSPS) is 21.8. The van der Waals surface area contributed by atoms with Crippen molar-refractivity contribution >= 4 is 47.1 Å². The van der Waals surface area contributed by atoms with E-state index in [1.54, 1.807) is 0 Å². The Kier molecular flexibility index (Phi) is 9.31. The van der Waals surface area contributed by atoms with Crippen molar-refractivity contribution in [3.05, 3.63) is 24.3 Å². The van der Waals surface area contributed by atoms with Gasteiger partial charge in [-0.25, -0.2) is 4.79 Å². The van der Waals surface area contributed by atoms with E-state index in [0.717, 1.165) is 16.3 Å². The zero-order valence-corrected chi connectivity index (χ0v) is 18.9. The fourth-order valence-corrected chi connectivity index (χ4v) is 5.47. The Bertz CT molecular complexity index is 756. The number of benzene rings is 1. The summed E-state index contributed by atoms with van der Waals surface area (Å²) in [6.07, 6.45) is -0.246. The van der Waals surface area contributed by atoms with Crippen molar-refractivity contribution in [2.75, 3.05) is 44.1 Å². The molecular weight excluding hydrogens is 442 g/mol. The molecule has 2 heterocycles. The minimum absolute atomic E-state index is 0.0377. The summed E-state index contributed by atoms with van der Waals surface area (Å²) in [6.45, 7) is 3.67. The highest BCUT2D eigenvalue weighted by atomic mass is 32.2. The molecule has 1 saturated heterocycles. The highest BCUT2D eigenvalue weighted by molar-refractivity contribution is 8.01. The maximum Gasteiger partial charge on any atom is 0.413 e. The second kappa shape index (κ2) is 12.2. The Labute approximate surface area is 189 Å². The first kappa shape index (κ1) is 23.7. The molecule has 31 heavy (non-hydrogen) atoms. The third kappa shape index (κ3) is 7.03. The van der Waals surface area contributed by atoms with Crippen LogP contribution < -0.4 is 16.0 Å². The Hall–Kier alpha value is -1.95. The molecular formula is C20H27N3O6S2. The molecule has 3 rings (SSSR count). The van der Waals surface area contributed by atoms with E-state index in [9.17, 15) is 14.4 Å². The number of fused-ring (bicyclic) bond motifs is 1. The van der Waals surface area contributed by atoms with Crippen LogP contribution in [0.15, 0.2) is 29.2 Å². The third-order valence-corrected chi connectivity index (χ3v) is 7.09. The first-order chi connectivity index (χ1) is 15.1. The minimum atomic E-state index is -0.816. The molecule has 1 aromatic rings. The smallest absolute Gasteiger partial charge is 0.413 e. The summed E-state index contributed by atoms with van der Waals surface area (Å²) < 4.78 is 15.3. The summed E-state index contributed by atoms with van der Waals surface area (Å²) in [5, 5.41) is 7.52. The van der Waals surface area contributed by atoms with Crippen LogP contribution in [-0.2, 0) is 23.8 Å². The van der Waals surface area contributed by atoms with E-state index in [4.69, 9.17) is 14.2 Å². The fraction of sp³-hybridized carbons (Fsp3) is 0.550. The average Bonchev–Trinajstić information content (AvgIpc) is 3.40. The lowest BCUT2D eigenvalue weighted by Crippen LogP contribution is -2.47. The molecule has 0 spiro atoms. The van der Waals surface area contributed by atoms with Gasteiger partial charge in [-0.2, -0.15) is 0 Å². The monoisotopic (exact) mass is 469 g/mol. The lowest BCUT2D eigenvalue weighted by molar-refractivity contribution is -0.125. The van der Waals surface area contributed by atoms with Crippen LogP contribution in [0, 0.1) is 5.92 Å². The Morgan fingerprint density at radius 3 is 2.68 bits per heavy atom. The van der Waals surface area contributed by atoms with Gasteiger partial charge in [0.25, 0.3) is 5.91 Å². The van der Waals surface area contributed by atoms with Gasteiger partial charge in [-0.05, 0) is 31.2 Å². The van der Waals surface area contributed by atoms with Gasteiger partial charge in [-0.15, -0.1) is 11.8 Å². The maximum absolute atomic E-state index is 12.7. The molecule has 1 fully saturated rings. The van der Waals surface area contributed by atoms with Crippen molar-refractivity contribution in [1.82, 2.24) is 10.6 Å². The number of carbonyl (C=O) groups is 3. The summed E-state index contributed by atoms with van der Waals surface area (Å²) in [6, 6.07) is 7.71. The van der Waals surface area contributed by atoms with Gasteiger partial charge in [0.1, 0.15) is 6.61 Å². The first-order valence-corrected chi connectivity index (χ1v) is 12.1. The molecule has 1 aromatic carbocycles. The topological polar surface area (TPSA) is 115 Å². The van der Waals surface area contributed by atoms with Crippen molar-refractivity contribution < 1.29 is 28.6 Å². The van der Waals surface area contributed by atoms with Gasteiger partial charge >= 0.3 is 6.09 Å². The SMILES string of the molecule is CCOCCOCCOC(=O)NC(=O)C1CCSC1NC(=O)C1Nc2ccccc2S1. The standard InChI is InChI=1S/C20H27N3O6S2/c1-2-27-8-9-28-10-11-29-20(26)23-16(24)13-7-12-30-18(13)22-17(25)19-21-14-5-3-4-6-15(14)31-19/h3-6,13,18-19,21H,2,7-12H2,1H3,(H,22,25)(H,23,24,26). The molecule has 0 aromatic heterocycles. The Morgan fingerprint density at radius 1 is 1.10 bits per heavy atom. The summed E-state index contributed by atoms with van der Waals surface area (Å²) in [4.78, 5) is 38.1. The number of hydrogen-bond acceptors (Lipinski definition) is 9. The first-order valence-electron chi connectivity index (χ1n) is 10.2. The number of imide groups is 1. The number of amides is 3. The summed E-state index contributed by atoms with van der Waals surface area (Å²) in [5.74, 6) is -0.423. The molecule has 0 radical (unpaired) electrons. The van der Waals surface area contributed by atoms with E-state index in [2.05, 4.69) is 16.0 Å². The lowest BCUT2D eigenvalue weighted by Gasteiger charge is -2.21. The van der Waals surface area contributed by atoms with Gasteiger partial charge in [0.15, 0.2) is 5.37 Å². The summed E-state index contributed by atoms with van der Waals surface area (Å²) >= 11 is 2.93. The molecule has 170 valence electrons. The van der Waals surface area contributed by atoms with E-state index in [1.807, 2.05) is 31.2 Å². The van der Waals surface area contributed by atoms with Crippen LogP contribution in [-0.4, -0.2) is 67.4 Å². The van der Waals surface area contributed by atoms with Crippen molar-refractivity contribution in [1.29, 1.82) is 0 Å². The van der Waals surface area contributed by atoms with Crippen LogP contribution in [0.1, 0.15) is 13.3 Å². The quantitative estimate of drug-likeness (QED) is 0.443. The molecule has 0 bridgehead atoms. The van der Waals surface area contributed by atoms with Gasteiger partial charge in [-0.3, -0.25) is 14.9 Å². The zero-order chi connectivity index (χ0) is 22.1. The number of para-hydroxylation sites is 1. The number of anilines is 1. The summed E-state index contributed by atoms with van der Waals surface area (Å²) in [5.41, 5.74) is 0.922. The number of ether oxygens (including phenoxy) is 3. The third-order valence-electron chi connectivity index (χ3n) is 4.63. The van der Waals surface area contributed by atoms with Gasteiger partial charge in [0.05, 0.1) is 31.1 Å². The van der Waals surface area contributed by atoms with E-state index in [-0.39, 0.29) is 19.1 Å². The number of nitrogens with one attached hydrogen (secondary N) is 3. The lowest BCUT2D eigenvalue weighted by atomic mass is 10.1. The highest BCUT2D eigenvalue weighted by Crippen LogP contribution is 2.38. The van der Waals surface area contributed by atoms with E-state index in [1.165, 1.54) is 23.5 Å². The minimum Gasteiger partial charge on any atom is -0.447 e. The predicted molar refractivity (Wildman–Crippen MR) is 119 cm³/mol. The number of hydrogen-bond donors (Lipinski definition) is 3. The number of carbonyl (C=O) groups excluding carboxylic acids is 3. The Morgan fingerprint density at radius 2 is 1.87 bits per heavy atom. The molecule has 3 N–H and O–H groups in total. The highest BCUT2D eigenvalue weighted by Gasteiger charge is 2.38. The van der Waals surface area contributed by atoms with Crippen molar-refractivity contribution in [2.45, 2.75) is 29.0 Å². The molecule has 2 aliphatic rings. The number of rotatable bonds is 10. The number of alkyl carbamates (subject to hydrolysis) is 1. The molecule has 2 aliphatic heterocycles. The van der Waals surface area contributed by atoms with Crippen molar-refractivity contribution in [3.63, 3.8) is 0 Å². The fourth-order valence-electron chi connectivity index (χ4n) is 3.11. The molecule has 0 aliphatic carbocycles. The van der Waals surface area contributed by atoms with Gasteiger partial charge in [0, 0.05) is 17.2 Å². The van der Waals surface area contributed by atoms with Crippen LogP contribution in [0.5, 0.6) is 0 Å². The number of thioether (sulfide) groups is 2. The molecule has 9 nitrogen and oxygen atoms in total. The van der Waals surface area contributed by atoms with E-state index >= 15 is 0 Å². The molecule has 0 saturated carbocycles. The zero-order valence-electron chi connectivity index (χ0n) is 17.3. The van der Waals surface area contributed by atoms with Crippen LogP contribution in [0.3, 0.4) is 0 Å². The van der Waals surface area contributed by atoms with Crippen LogP contribution >= 0.6 is 23.5 Å². The van der Waals surface area contributed by atoms with Crippen LogP contribution in [0.2, 0.25) is 0 Å². The largest absolute Gasteiger partial charge is 0.447 e. The van der Waals surface area contributed by atoms with E-state index in [0.29, 0.717) is 26.2 Å². The average molecular weight is 470 g/mol. The van der Waals surface area contributed by atoms with Crippen LogP contribution in [0.4, 0.5) is 10.5 Å². The molecule has 3 unspecified atom stereocenters. The molecule has 11 heteroatoms. The molecule has 3 atom stereocenters. The Balaban J connectivity index is 1.38. The van der Waals surface area contributed by atoms with Gasteiger partial charge in [0.2, 0.25) is 5.91 Å².